The highest BCUT2D eigenvalue weighted by atomic mass is 16.5. The van der Waals surface area contributed by atoms with Crippen LogP contribution in [0.4, 0.5) is 0 Å². The fraction of sp³-hybridized carbons (Fsp3) is 0.600. The standard InChI is InChI=1S/C15H23N3O3/c1-19-8-9-20-6-3-7-21-15-12(14(16)17)10-11-4-2-5-13(11)18-15/h10H,2-9H2,1H3,(H3,16,17). The summed E-state index contributed by atoms with van der Waals surface area (Å²) in [7, 11) is 1.65. The maximum absolute atomic E-state index is 7.65. The predicted molar refractivity (Wildman–Crippen MR) is 80.1 cm³/mol. The predicted octanol–water partition coefficient (Wildman–Crippen LogP) is 1.29. The van der Waals surface area contributed by atoms with Crippen molar-refractivity contribution >= 4 is 5.84 Å². The third-order valence-corrected chi connectivity index (χ3v) is 3.41. The Morgan fingerprint density at radius 3 is 2.90 bits per heavy atom. The molecule has 116 valence electrons. The highest BCUT2D eigenvalue weighted by Gasteiger charge is 2.18. The smallest absolute Gasteiger partial charge is 0.224 e. The molecule has 0 spiro atoms. The molecule has 0 fully saturated rings. The number of ether oxygens (including phenoxy) is 3. The number of pyridine rings is 1. The first-order chi connectivity index (χ1) is 10.2. The molecule has 0 radical (unpaired) electrons. The van der Waals surface area contributed by atoms with Crippen molar-refractivity contribution in [3.05, 3.63) is 22.9 Å². The molecule has 1 aliphatic carbocycles. The van der Waals surface area contributed by atoms with Gasteiger partial charge in [0.05, 0.1) is 25.4 Å². The van der Waals surface area contributed by atoms with Gasteiger partial charge in [-0.2, -0.15) is 0 Å². The number of hydrogen-bond acceptors (Lipinski definition) is 5. The second kappa shape index (κ2) is 7.95. The monoisotopic (exact) mass is 293 g/mol. The minimum Gasteiger partial charge on any atom is -0.477 e. The number of nitrogens with zero attached hydrogens (tertiary/aromatic N) is 1. The Hall–Kier alpha value is -1.66. The first-order valence-electron chi connectivity index (χ1n) is 7.29. The number of aromatic nitrogens is 1. The molecule has 21 heavy (non-hydrogen) atoms. The lowest BCUT2D eigenvalue weighted by molar-refractivity contribution is 0.0642. The normalized spacial score (nSPS) is 13.2. The van der Waals surface area contributed by atoms with Crippen LogP contribution in [0.15, 0.2) is 6.07 Å². The molecule has 1 aromatic rings. The largest absolute Gasteiger partial charge is 0.477 e. The molecule has 0 unspecified atom stereocenters. The molecule has 0 aliphatic heterocycles. The van der Waals surface area contributed by atoms with Gasteiger partial charge in [-0.05, 0) is 30.9 Å². The number of hydrogen-bond donors (Lipinski definition) is 2. The van der Waals surface area contributed by atoms with Crippen molar-refractivity contribution in [3.8, 4) is 5.88 Å². The Morgan fingerprint density at radius 2 is 2.14 bits per heavy atom. The maximum Gasteiger partial charge on any atom is 0.224 e. The second-order valence-electron chi connectivity index (χ2n) is 5.02. The lowest BCUT2D eigenvalue weighted by atomic mass is 10.1. The van der Waals surface area contributed by atoms with Gasteiger partial charge < -0.3 is 19.9 Å². The zero-order valence-electron chi connectivity index (χ0n) is 12.5. The third-order valence-electron chi connectivity index (χ3n) is 3.41. The minimum absolute atomic E-state index is 0.00328. The fourth-order valence-electron chi connectivity index (χ4n) is 2.33. The van der Waals surface area contributed by atoms with Crippen molar-refractivity contribution in [2.45, 2.75) is 25.7 Å². The molecule has 1 aromatic heterocycles. The summed E-state index contributed by atoms with van der Waals surface area (Å²) in [5.74, 6) is 0.476. The number of nitrogens with one attached hydrogen (secondary N) is 1. The van der Waals surface area contributed by atoms with Crippen molar-refractivity contribution in [2.24, 2.45) is 5.73 Å². The Kier molecular flexibility index (Phi) is 5.95. The van der Waals surface area contributed by atoms with Crippen LogP contribution < -0.4 is 10.5 Å². The summed E-state index contributed by atoms with van der Waals surface area (Å²) in [6.07, 6.45) is 3.86. The van der Waals surface area contributed by atoms with Gasteiger partial charge in [0, 0.05) is 25.8 Å². The van der Waals surface area contributed by atoms with Gasteiger partial charge >= 0.3 is 0 Å². The Labute approximate surface area is 125 Å². The molecule has 3 N–H and O–H groups in total. The summed E-state index contributed by atoms with van der Waals surface area (Å²) in [4.78, 5) is 4.52. The van der Waals surface area contributed by atoms with Crippen LogP contribution in [0.5, 0.6) is 5.88 Å². The zero-order valence-corrected chi connectivity index (χ0v) is 12.5. The van der Waals surface area contributed by atoms with Crippen LogP contribution in [-0.2, 0) is 22.3 Å². The number of rotatable bonds is 9. The van der Waals surface area contributed by atoms with E-state index in [1.165, 1.54) is 5.56 Å². The summed E-state index contributed by atoms with van der Waals surface area (Å²) in [6.45, 7) is 2.30. The molecule has 0 amide bonds. The number of fused-ring (bicyclic) bond motifs is 1. The Balaban J connectivity index is 1.86. The molecule has 6 heteroatoms. The SMILES string of the molecule is COCCOCCCOc1nc2c(cc1C(=N)N)CCC2. The van der Waals surface area contributed by atoms with E-state index in [1.54, 1.807) is 7.11 Å². The minimum atomic E-state index is 0.00328. The second-order valence-corrected chi connectivity index (χ2v) is 5.02. The van der Waals surface area contributed by atoms with Gasteiger partial charge in [-0.25, -0.2) is 4.98 Å². The number of aryl methyl sites for hydroxylation is 2. The molecule has 0 atom stereocenters. The van der Waals surface area contributed by atoms with E-state index < -0.39 is 0 Å². The lowest BCUT2D eigenvalue weighted by Crippen LogP contribution is -2.16. The van der Waals surface area contributed by atoms with Gasteiger partial charge in [-0.3, -0.25) is 5.41 Å². The summed E-state index contributed by atoms with van der Waals surface area (Å²) >= 11 is 0. The molecule has 0 bridgehead atoms. The molecule has 1 aliphatic rings. The highest BCUT2D eigenvalue weighted by molar-refractivity contribution is 5.97. The van der Waals surface area contributed by atoms with E-state index in [4.69, 9.17) is 25.4 Å². The zero-order chi connectivity index (χ0) is 15.1. The van der Waals surface area contributed by atoms with Crippen molar-refractivity contribution in [1.29, 1.82) is 5.41 Å². The van der Waals surface area contributed by atoms with Crippen molar-refractivity contribution in [3.63, 3.8) is 0 Å². The van der Waals surface area contributed by atoms with Crippen molar-refractivity contribution in [1.82, 2.24) is 4.98 Å². The quantitative estimate of drug-likeness (QED) is 0.407. The summed E-state index contributed by atoms with van der Waals surface area (Å²) in [5.41, 5.74) is 8.48. The fourth-order valence-corrected chi connectivity index (χ4v) is 2.33. The van der Waals surface area contributed by atoms with E-state index in [9.17, 15) is 0 Å². The van der Waals surface area contributed by atoms with Crippen LogP contribution in [0.2, 0.25) is 0 Å². The Morgan fingerprint density at radius 1 is 1.29 bits per heavy atom. The van der Waals surface area contributed by atoms with Gasteiger partial charge in [0.2, 0.25) is 5.88 Å². The van der Waals surface area contributed by atoms with Crippen LogP contribution >= 0.6 is 0 Å². The molecular formula is C15H23N3O3. The van der Waals surface area contributed by atoms with Crippen LogP contribution in [0.1, 0.15) is 29.7 Å². The molecule has 0 aromatic carbocycles. The molecule has 2 rings (SSSR count). The average molecular weight is 293 g/mol. The van der Waals surface area contributed by atoms with Crippen LogP contribution in [0, 0.1) is 5.41 Å². The molecule has 0 saturated heterocycles. The molecule has 6 nitrogen and oxygen atoms in total. The van der Waals surface area contributed by atoms with E-state index in [2.05, 4.69) is 4.98 Å². The summed E-state index contributed by atoms with van der Waals surface area (Å²) in [5, 5.41) is 7.65. The third kappa shape index (κ3) is 4.41. The van der Waals surface area contributed by atoms with Gasteiger partial charge in [-0.1, -0.05) is 0 Å². The van der Waals surface area contributed by atoms with E-state index in [0.717, 1.165) is 31.4 Å². The van der Waals surface area contributed by atoms with Gasteiger partial charge in [-0.15, -0.1) is 0 Å². The van der Waals surface area contributed by atoms with Crippen molar-refractivity contribution < 1.29 is 14.2 Å². The topological polar surface area (TPSA) is 90.5 Å². The van der Waals surface area contributed by atoms with Gasteiger partial charge in [0.25, 0.3) is 0 Å². The molecular weight excluding hydrogens is 270 g/mol. The van der Waals surface area contributed by atoms with E-state index in [1.807, 2.05) is 6.07 Å². The number of methoxy groups -OCH3 is 1. The average Bonchev–Trinajstić information content (AvgIpc) is 2.92. The summed E-state index contributed by atoms with van der Waals surface area (Å²) in [6, 6.07) is 1.95. The number of amidine groups is 1. The van der Waals surface area contributed by atoms with Crippen LogP contribution in [-0.4, -0.2) is 44.4 Å². The number of nitrogen functional groups attached to an aromatic ring is 1. The maximum atomic E-state index is 7.65. The molecule has 1 heterocycles. The summed E-state index contributed by atoms with van der Waals surface area (Å²) < 4.78 is 16.0. The highest BCUT2D eigenvalue weighted by Crippen LogP contribution is 2.26. The van der Waals surface area contributed by atoms with Gasteiger partial charge in [0.1, 0.15) is 5.84 Å². The van der Waals surface area contributed by atoms with Crippen LogP contribution in [0.25, 0.3) is 0 Å². The first-order valence-corrected chi connectivity index (χ1v) is 7.29. The van der Waals surface area contributed by atoms with Crippen LogP contribution in [0.3, 0.4) is 0 Å². The van der Waals surface area contributed by atoms with Crippen molar-refractivity contribution in [2.75, 3.05) is 33.5 Å². The van der Waals surface area contributed by atoms with E-state index >= 15 is 0 Å². The lowest BCUT2D eigenvalue weighted by Gasteiger charge is -2.12. The number of nitrogens with two attached hydrogens (primary N) is 1. The van der Waals surface area contributed by atoms with E-state index in [-0.39, 0.29) is 5.84 Å². The Bertz CT molecular complexity index is 491. The van der Waals surface area contributed by atoms with E-state index in [0.29, 0.717) is 37.9 Å². The first kappa shape index (κ1) is 15.7. The van der Waals surface area contributed by atoms with Gasteiger partial charge in [0.15, 0.2) is 0 Å². The molecule has 0 saturated carbocycles.